The van der Waals surface area contributed by atoms with Gasteiger partial charge in [-0.1, -0.05) is 33.6 Å². The SMILES string of the molecule is O=C(O)C1=C(CBr)NC(c2nccs2)=NC1c1ccc(F)c(F)c1Cl. The van der Waals surface area contributed by atoms with Crippen molar-refractivity contribution >= 4 is 50.7 Å². The Balaban J connectivity index is 2.20. The zero-order valence-corrected chi connectivity index (χ0v) is 15.4. The number of benzene rings is 1. The van der Waals surface area contributed by atoms with E-state index in [0.29, 0.717) is 16.5 Å². The molecule has 1 aliphatic heterocycles. The van der Waals surface area contributed by atoms with Gasteiger partial charge in [-0.05, 0) is 6.07 Å². The fourth-order valence-corrected chi connectivity index (χ4v) is 3.67. The number of alkyl halides is 1. The molecule has 2 aromatic rings. The number of carbonyl (C=O) groups is 1. The number of thiazole rings is 1. The summed E-state index contributed by atoms with van der Waals surface area (Å²) in [5.41, 5.74) is 0.288. The molecule has 2 N–H and O–H groups in total. The quantitative estimate of drug-likeness (QED) is 0.549. The Kier molecular flexibility index (Phi) is 5.16. The van der Waals surface area contributed by atoms with Crippen LogP contribution in [0.2, 0.25) is 5.02 Å². The first-order valence-corrected chi connectivity index (χ1v) is 9.22. The van der Waals surface area contributed by atoms with Gasteiger partial charge in [0.15, 0.2) is 22.5 Å². The van der Waals surface area contributed by atoms with Crippen molar-refractivity contribution in [3.8, 4) is 0 Å². The number of carboxylic acid groups (broad SMARTS) is 1. The lowest BCUT2D eigenvalue weighted by Gasteiger charge is -2.25. The second kappa shape index (κ2) is 7.19. The number of halogens is 4. The van der Waals surface area contributed by atoms with Crippen LogP contribution in [0.5, 0.6) is 0 Å². The van der Waals surface area contributed by atoms with Gasteiger partial charge in [0, 0.05) is 28.2 Å². The zero-order valence-electron chi connectivity index (χ0n) is 12.3. The Morgan fingerprint density at radius 2 is 2.20 bits per heavy atom. The Morgan fingerprint density at radius 3 is 2.80 bits per heavy atom. The molecule has 0 aliphatic carbocycles. The lowest BCUT2D eigenvalue weighted by molar-refractivity contribution is -0.133. The molecule has 2 heterocycles. The fraction of sp³-hybridized carbons (Fsp3) is 0.133. The Labute approximate surface area is 158 Å². The maximum atomic E-state index is 13.9. The van der Waals surface area contributed by atoms with Gasteiger partial charge < -0.3 is 10.4 Å². The minimum Gasteiger partial charge on any atom is -0.478 e. The van der Waals surface area contributed by atoms with Gasteiger partial charge in [0.1, 0.15) is 6.04 Å². The van der Waals surface area contributed by atoms with Crippen LogP contribution in [0.3, 0.4) is 0 Å². The second-order valence-corrected chi connectivity index (χ2v) is 6.77. The monoisotopic (exact) mass is 447 g/mol. The number of amidine groups is 1. The van der Waals surface area contributed by atoms with E-state index in [1.165, 1.54) is 17.4 Å². The van der Waals surface area contributed by atoms with Gasteiger partial charge >= 0.3 is 5.97 Å². The first-order valence-electron chi connectivity index (χ1n) is 6.84. The maximum absolute atomic E-state index is 13.9. The van der Waals surface area contributed by atoms with Crippen molar-refractivity contribution in [2.24, 2.45) is 4.99 Å². The van der Waals surface area contributed by atoms with Crippen LogP contribution in [0.4, 0.5) is 8.78 Å². The second-order valence-electron chi connectivity index (χ2n) is 4.94. The van der Waals surface area contributed by atoms with E-state index in [0.717, 1.165) is 6.07 Å². The largest absolute Gasteiger partial charge is 0.478 e. The normalized spacial score (nSPS) is 17.3. The molecule has 1 aliphatic rings. The summed E-state index contributed by atoms with van der Waals surface area (Å²) >= 11 is 10.5. The first kappa shape index (κ1) is 18.0. The molecule has 0 fully saturated rings. The standard InChI is InChI=1S/C15H9BrClF2N3O2S/c16-5-8-9(15(23)24)12(6-1-2-7(18)11(19)10(6)17)22-13(21-8)14-20-3-4-25-14/h1-4,12H,5H2,(H,21,22)(H,23,24). The van der Waals surface area contributed by atoms with Gasteiger partial charge in [0.2, 0.25) is 0 Å². The number of rotatable bonds is 4. The molecular formula is C15H9BrClF2N3O2S. The van der Waals surface area contributed by atoms with Crippen molar-refractivity contribution in [2.45, 2.75) is 6.04 Å². The topological polar surface area (TPSA) is 74.6 Å². The van der Waals surface area contributed by atoms with Crippen molar-refractivity contribution < 1.29 is 18.7 Å². The van der Waals surface area contributed by atoms with Crippen LogP contribution in [0.25, 0.3) is 0 Å². The Hall–Kier alpha value is -1.84. The van der Waals surface area contributed by atoms with Crippen LogP contribution in [-0.2, 0) is 4.79 Å². The Bertz CT molecular complexity index is 902. The smallest absolute Gasteiger partial charge is 0.335 e. The third kappa shape index (κ3) is 3.31. The average molecular weight is 449 g/mol. The number of aromatic nitrogens is 1. The molecule has 5 nitrogen and oxygen atoms in total. The summed E-state index contributed by atoms with van der Waals surface area (Å²) in [5, 5.41) is 14.5. The molecule has 0 amide bonds. The summed E-state index contributed by atoms with van der Waals surface area (Å²) < 4.78 is 27.2. The van der Waals surface area contributed by atoms with Gasteiger partial charge in [0.05, 0.1) is 10.6 Å². The Morgan fingerprint density at radius 1 is 1.44 bits per heavy atom. The van der Waals surface area contributed by atoms with Crippen LogP contribution in [0, 0.1) is 11.6 Å². The van der Waals surface area contributed by atoms with Gasteiger partial charge in [-0.2, -0.15) is 0 Å². The minimum atomic E-state index is -1.24. The summed E-state index contributed by atoms with van der Waals surface area (Å²) in [5.74, 6) is -3.27. The highest BCUT2D eigenvalue weighted by Crippen LogP contribution is 2.37. The molecule has 0 saturated heterocycles. The number of aliphatic imine (C=N–C) groups is 1. The summed E-state index contributed by atoms with van der Waals surface area (Å²) in [6.45, 7) is 0. The number of hydrogen-bond acceptors (Lipinski definition) is 5. The number of nitrogens with zero attached hydrogens (tertiary/aromatic N) is 2. The van der Waals surface area contributed by atoms with Crippen molar-refractivity contribution in [3.05, 3.63) is 62.2 Å². The van der Waals surface area contributed by atoms with Crippen LogP contribution < -0.4 is 5.32 Å². The van der Waals surface area contributed by atoms with Gasteiger partial charge in [-0.25, -0.2) is 18.6 Å². The third-order valence-corrected chi connectivity index (χ3v) is 5.21. The van der Waals surface area contributed by atoms with Crippen molar-refractivity contribution in [1.29, 1.82) is 0 Å². The van der Waals surface area contributed by atoms with Gasteiger partial charge in [-0.15, -0.1) is 11.3 Å². The lowest BCUT2D eigenvalue weighted by atomic mass is 9.96. The third-order valence-electron chi connectivity index (χ3n) is 3.48. The number of allylic oxidation sites excluding steroid dienone is 1. The van der Waals surface area contributed by atoms with E-state index in [4.69, 9.17) is 11.6 Å². The van der Waals surface area contributed by atoms with E-state index >= 15 is 0 Å². The molecule has 1 aromatic heterocycles. The minimum absolute atomic E-state index is 0.0620. The molecule has 25 heavy (non-hydrogen) atoms. The molecule has 1 aromatic carbocycles. The van der Waals surface area contributed by atoms with E-state index in [-0.39, 0.29) is 16.5 Å². The maximum Gasteiger partial charge on any atom is 0.335 e. The summed E-state index contributed by atoms with van der Waals surface area (Å²) in [6.07, 6.45) is 1.58. The molecule has 130 valence electrons. The molecule has 0 saturated carbocycles. The molecule has 1 atom stereocenters. The van der Waals surface area contributed by atoms with Crippen molar-refractivity contribution in [2.75, 3.05) is 5.33 Å². The van der Waals surface area contributed by atoms with E-state index in [1.807, 2.05) is 0 Å². The van der Waals surface area contributed by atoms with E-state index in [9.17, 15) is 18.7 Å². The highest BCUT2D eigenvalue weighted by molar-refractivity contribution is 9.09. The molecule has 0 spiro atoms. The molecule has 1 unspecified atom stereocenters. The number of carboxylic acids is 1. The number of hydrogen-bond donors (Lipinski definition) is 2. The molecule has 10 heteroatoms. The van der Waals surface area contributed by atoms with Crippen LogP contribution >= 0.6 is 38.9 Å². The van der Waals surface area contributed by atoms with E-state index < -0.39 is 28.7 Å². The highest BCUT2D eigenvalue weighted by Gasteiger charge is 2.33. The van der Waals surface area contributed by atoms with Crippen LogP contribution in [0.15, 0.2) is 40.0 Å². The predicted octanol–water partition coefficient (Wildman–Crippen LogP) is 3.90. The zero-order chi connectivity index (χ0) is 18.1. The van der Waals surface area contributed by atoms with E-state index in [1.54, 1.807) is 11.6 Å². The average Bonchev–Trinajstić information content (AvgIpc) is 3.13. The fourth-order valence-electron chi connectivity index (χ4n) is 2.38. The summed E-state index contributed by atoms with van der Waals surface area (Å²) in [7, 11) is 0. The number of aliphatic carboxylic acids is 1. The molecule has 0 radical (unpaired) electrons. The van der Waals surface area contributed by atoms with E-state index in [2.05, 4.69) is 31.2 Å². The number of nitrogens with one attached hydrogen (secondary N) is 1. The summed E-state index contributed by atoms with van der Waals surface area (Å²) in [6, 6.07) is 1.02. The van der Waals surface area contributed by atoms with Gasteiger partial charge in [0.25, 0.3) is 0 Å². The molecular weight excluding hydrogens is 440 g/mol. The molecule has 3 rings (SSSR count). The van der Waals surface area contributed by atoms with Crippen molar-refractivity contribution in [1.82, 2.24) is 10.3 Å². The van der Waals surface area contributed by atoms with Crippen LogP contribution in [0.1, 0.15) is 16.6 Å². The highest BCUT2D eigenvalue weighted by atomic mass is 79.9. The van der Waals surface area contributed by atoms with Crippen LogP contribution in [-0.4, -0.2) is 27.2 Å². The first-order chi connectivity index (χ1) is 11.9. The van der Waals surface area contributed by atoms with Crippen molar-refractivity contribution in [3.63, 3.8) is 0 Å². The van der Waals surface area contributed by atoms with Gasteiger partial charge in [-0.3, -0.25) is 4.99 Å². The summed E-state index contributed by atoms with van der Waals surface area (Å²) in [4.78, 5) is 20.2. The molecule has 0 bridgehead atoms. The lowest BCUT2D eigenvalue weighted by Crippen LogP contribution is -2.34. The predicted molar refractivity (Wildman–Crippen MR) is 94.4 cm³/mol.